The van der Waals surface area contributed by atoms with Crippen LogP contribution in [0.1, 0.15) is 89.7 Å². The summed E-state index contributed by atoms with van der Waals surface area (Å²) in [5, 5.41) is 22.6. The Hall–Kier alpha value is -1.73. The van der Waals surface area contributed by atoms with Crippen LogP contribution < -0.4 is 4.43 Å². The summed E-state index contributed by atoms with van der Waals surface area (Å²) in [6, 6.07) is 10.2. The number of aryl methyl sites for hydroxylation is 2. The molecule has 0 spiro atoms. The van der Waals surface area contributed by atoms with Gasteiger partial charge in [-0.1, -0.05) is 53.7 Å². The first-order chi connectivity index (χ1) is 17.2. The second-order valence-electron chi connectivity index (χ2n) is 12.2. The van der Waals surface area contributed by atoms with Crippen molar-refractivity contribution in [2.75, 3.05) is 13.1 Å². The molecule has 1 fully saturated rings. The topological polar surface area (TPSA) is 52.9 Å². The number of nitrogens with zero attached hydrogens (tertiary/aromatic N) is 1. The number of benzene rings is 2. The molecule has 1 heterocycles. The predicted molar refractivity (Wildman–Crippen MR) is 153 cm³/mol. The zero-order chi connectivity index (χ0) is 27.7. The summed E-state index contributed by atoms with van der Waals surface area (Å²) in [5.74, 6) is 0.683. The van der Waals surface area contributed by atoms with Crippen LogP contribution >= 0.6 is 0 Å². The second-order valence-corrected chi connectivity index (χ2v) is 17.5. The van der Waals surface area contributed by atoms with Crippen LogP contribution in [0.25, 0.3) is 0 Å². The van der Waals surface area contributed by atoms with E-state index in [1.54, 1.807) is 12.1 Å². The SMILES string of the molecule is Cc1cc([C@@H](O)[C@@H](C)N2CCC(O)(c3ccc(F)cc3)CC2)cc(C)c1O[Si](C(C)C)(C(C)C)C(C)C. The van der Waals surface area contributed by atoms with E-state index in [0.717, 1.165) is 28.0 Å². The van der Waals surface area contributed by atoms with Crippen LogP contribution in [0.4, 0.5) is 4.39 Å². The number of hydrogen-bond acceptors (Lipinski definition) is 4. The first-order valence-electron chi connectivity index (χ1n) is 13.9. The van der Waals surface area contributed by atoms with Crippen molar-refractivity contribution in [3.63, 3.8) is 0 Å². The highest BCUT2D eigenvalue weighted by Crippen LogP contribution is 2.44. The van der Waals surface area contributed by atoms with E-state index < -0.39 is 20.0 Å². The molecule has 1 aliphatic rings. The van der Waals surface area contributed by atoms with E-state index in [1.165, 1.54) is 12.1 Å². The molecule has 206 valence electrons. The molecule has 2 atom stereocenters. The molecule has 6 heteroatoms. The van der Waals surface area contributed by atoms with Crippen molar-refractivity contribution < 1.29 is 19.0 Å². The van der Waals surface area contributed by atoms with Gasteiger partial charge < -0.3 is 14.6 Å². The van der Waals surface area contributed by atoms with Gasteiger partial charge in [-0.25, -0.2) is 4.39 Å². The molecular weight excluding hydrogens is 481 g/mol. The molecule has 0 saturated carbocycles. The van der Waals surface area contributed by atoms with Crippen LogP contribution in [-0.2, 0) is 5.60 Å². The lowest BCUT2D eigenvalue weighted by Crippen LogP contribution is -2.51. The van der Waals surface area contributed by atoms with E-state index >= 15 is 0 Å². The highest BCUT2D eigenvalue weighted by atomic mass is 28.4. The van der Waals surface area contributed by atoms with Crippen molar-refractivity contribution in [1.82, 2.24) is 4.90 Å². The van der Waals surface area contributed by atoms with Crippen molar-refractivity contribution in [2.24, 2.45) is 0 Å². The Morgan fingerprint density at radius 3 is 1.76 bits per heavy atom. The number of hydrogen-bond donors (Lipinski definition) is 2. The van der Waals surface area contributed by atoms with Gasteiger partial charge in [0.25, 0.3) is 8.32 Å². The number of likely N-dealkylation sites (tertiary alicyclic amines) is 1. The molecule has 2 aromatic rings. The van der Waals surface area contributed by atoms with Gasteiger partial charge in [-0.15, -0.1) is 0 Å². The molecule has 4 nitrogen and oxygen atoms in total. The molecule has 1 saturated heterocycles. The fraction of sp³-hybridized carbons (Fsp3) is 0.613. The van der Waals surface area contributed by atoms with Gasteiger partial charge in [0.15, 0.2) is 0 Å². The van der Waals surface area contributed by atoms with Gasteiger partial charge in [0.05, 0.1) is 11.7 Å². The summed E-state index contributed by atoms with van der Waals surface area (Å²) in [4.78, 5) is 2.24. The van der Waals surface area contributed by atoms with Crippen LogP contribution in [0.2, 0.25) is 16.6 Å². The number of piperidine rings is 1. The van der Waals surface area contributed by atoms with Crippen molar-refractivity contribution >= 4 is 8.32 Å². The average molecular weight is 530 g/mol. The zero-order valence-electron chi connectivity index (χ0n) is 24.3. The van der Waals surface area contributed by atoms with Crippen LogP contribution in [0.3, 0.4) is 0 Å². The maximum absolute atomic E-state index is 13.3. The number of aliphatic hydroxyl groups is 2. The Morgan fingerprint density at radius 1 is 0.865 bits per heavy atom. The Balaban J connectivity index is 1.76. The Labute approximate surface area is 225 Å². The lowest BCUT2D eigenvalue weighted by atomic mass is 9.83. The lowest BCUT2D eigenvalue weighted by molar-refractivity contribution is -0.0502. The third kappa shape index (κ3) is 5.98. The van der Waals surface area contributed by atoms with Crippen LogP contribution in [0.5, 0.6) is 5.75 Å². The second kappa shape index (κ2) is 11.6. The predicted octanol–water partition coefficient (Wildman–Crippen LogP) is 7.40. The quantitative estimate of drug-likeness (QED) is 0.332. The Kier molecular flexibility index (Phi) is 9.32. The van der Waals surface area contributed by atoms with Gasteiger partial charge in [-0.3, -0.25) is 4.90 Å². The van der Waals surface area contributed by atoms with Gasteiger partial charge in [0, 0.05) is 19.1 Å². The van der Waals surface area contributed by atoms with E-state index in [9.17, 15) is 14.6 Å². The maximum atomic E-state index is 13.3. The molecule has 0 aromatic heterocycles. The molecule has 0 amide bonds. The summed E-state index contributed by atoms with van der Waals surface area (Å²) in [6.07, 6.45) is 0.449. The molecule has 0 unspecified atom stereocenters. The van der Waals surface area contributed by atoms with E-state index in [-0.39, 0.29) is 11.9 Å². The molecule has 2 aromatic carbocycles. The average Bonchev–Trinajstić information content (AvgIpc) is 2.82. The van der Waals surface area contributed by atoms with Gasteiger partial charge in [-0.2, -0.15) is 0 Å². The monoisotopic (exact) mass is 529 g/mol. The summed E-state index contributed by atoms with van der Waals surface area (Å²) >= 11 is 0. The zero-order valence-corrected chi connectivity index (χ0v) is 25.3. The highest BCUT2D eigenvalue weighted by Gasteiger charge is 2.47. The van der Waals surface area contributed by atoms with Crippen LogP contribution in [0, 0.1) is 19.7 Å². The van der Waals surface area contributed by atoms with E-state index in [0.29, 0.717) is 42.6 Å². The Morgan fingerprint density at radius 2 is 1.32 bits per heavy atom. The van der Waals surface area contributed by atoms with Gasteiger partial charge in [0.1, 0.15) is 11.6 Å². The molecule has 1 aliphatic heterocycles. The van der Waals surface area contributed by atoms with Gasteiger partial charge in [0.2, 0.25) is 0 Å². The lowest BCUT2D eigenvalue weighted by Gasteiger charge is -2.43. The van der Waals surface area contributed by atoms with E-state index in [2.05, 4.69) is 79.3 Å². The van der Waals surface area contributed by atoms with E-state index in [1.807, 2.05) is 0 Å². The van der Waals surface area contributed by atoms with Crippen molar-refractivity contribution in [3.8, 4) is 5.75 Å². The number of aliphatic hydroxyl groups excluding tert-OH is 1. The minimum Gasteiger partial charge on any atom is -0.542 e. The maximum Gasteiger partial charge on any atom is 0.258 e. The van der Waals surface area contributed by atoms with Crippen molar-refractivity contribution in [3.05, 3.63) is 64.5 Å². The summed E-state index contributed by atoms with van der Waals surface area (Å²) in [6.45, 7) is 21.3. The molecule has 37 heavy (non-hydrogen) atoms. The molecule has 2 N–H and O–H groups in total. The Bertz CT molecular complexity index is 1000. The summed E-state index contributed by atoms with van der Waals surface area (Å²) in [5.41, 5.74) is 4.32. The third-order valence-electron chi connectivity index (χ3n) is 8.85. The normalized spacial score (nSPS) is 18.5. The largest absolute Gasteiger partial charge is 0.542 e. The fourth-order valence-corrected chi connectivity index (χ4v) is 12.1. The van der Waals surface area contributed by atoms with Crippen molar-refractivity contribution in [2.45, 2.75) is 110 Å². The third-order valence-corrected chi connectivity index (χ3v) is 14.8. The highest BCUT2D eigenvalue weighted by molar-refractivity contribution is 6.78. The summed E-state index contributed by atoms with van der Waals surface area (Å²) < 4.78 is 20.4. The van der Waals surface area contributed by atoms with Gasteiger partial charge >= 0.3 is 0 Å². The van der Waals surface area contributed by atoms with Crippen molar-refractivity contribution in [1.29, 1.82) is 0 Å². The van der Waals surface area contributed by atoms with E-state index in [4.69, 9.17) is 4.43 Å². The van der Waals surface area contributed by atoms with Gasteiger partial charge in [-0.05, 0) is 96.8 Å². The molecule has 3 rings (SSSR count). The van der Waals surface area contributed by atoms with Crippen LogP contribution in [-0.4, -0.2) is 42.6 Å². The summed E-state index contributed by atoms with van der Waals surface area (Å²) in [7, 11) is -2.08. The minimum absolute atomic E-state index is 0.0983. The molecule has 0 radical (unpaired) electrons. The number of halogens is 1. The first kappa shape index (κ1) is 29.8. The first-order valence-corrected chi connectivity index (χ1v) is 16.1. The number of rotatable bonds is 9. The minimum atomic E-state index is -2.08. The molecular formula is C31H48FNO3Si. The fourth-order valence-electron chi connectivity index (χ4n) is 6.67. The molecule has 0 bridgehead atoms. The smallest absolute Gasteiger partial charge is 0.258 e. The molecule has 0 aliphatic carbocycles. The van der Waals surface area contributed by atoms with Crippen LogP contribution in [0.15, 0.2) is 36.4 Å². The standard InChI is InChI=1S/C31H48FNO3Si/c1-20(2)37(21(3)4,22(5)6)36-30-23(7)18-26(19-24(30)8)29(34)25(9)33-16-14-31(35,15-17-33)27-10-12-28(32)13-11-27/h10-13,18-22,25,29,34-35H,14-17H2,1-9H3/t25-,29+/m1/s1.